The monoisotopic (exact) mass is 323 g/mol. The average molecular weight is 323 g/mol. The van der Waals surface area contributed by atoms with Gasteiger partial charge in [-0.25, -0.2) is 13.2 Å². The highest BCUT2D eigenvalue weighted by Gasteiger charge is 2.10. The predicted octanol–water partition coefficient (Wildman–Crippen LogP) is 1.22. The minimum absolute atomic E-state index is 0.0510. The number of nitrogens with zero attached hydrogens (tertiary/aromatic N) is 1. The van der Waals surface area contributed by atoms with Crippen molar-refractivity contribution in [3.05, 3.63) is 35.4 Å². The van der Waals surface area contributed by atoms with Crippen molar-refractivity contribution in [1.29, 1.82) is 5.26 Å². The van der Waals surface area contributed by atoms with E-state index in [0.717, 1.165) is 5.56 Å². The highest BCUT2D eigenvalue weighted by atomic mass is 32.2. The lowest BCUT2D eigenvalue weighted by Crippen LogP contribution is -2.42. The summed E-state index contributed by atoms with van der Waals surface area (Å²) < 4.78 is 22.1. The molecule has 0 radical (unpaired) electrons. The number of urea groups is 1. The van der Waals surface area contributed by atoms with E-state index in [0.29, 0.717) is 24.9 Å². The second-order valence-corrected chi connectivity index (χ2v) is 7.54. The molecule has 7 heteroatoms. The Hall–Kier alpha value is -2.07. The molecule has 2 amide bonds. The standard InChI is InChI=1S/C15H21N3O3S/c1-12(7-9-22(2,20)21)18-15(19)17-8-6-13-4-3-5-14(10-13)11-16/h3-5,10,12H,6-9H2,1-2H3,(H2,17,18,19)/t12-/m0/s1. The lowest BCUT2D eigenvalue weighted by atomic mass is 10.1. The largest absolute Gasteiger partial charge is 0.338 e. The van der Waals surface area contributed by atoms with E-state index in [1.165, 1.54) is 6.26 Å². The van der Waals surface area contributed by atoms with Crippen molar-refractivity contribution in [3.8, 4) is 6.07 Å². The van der Waals surface area contributed by atoms with Crippen LogP contribution in [0.15, 0.2) is 24.3 Å². The Morgan fingerprint density at radius 1 is 1.41 bits per heavy atom. The highest BCUT2D eigenvalue weighted by molar-refractivity contribution is 7.90. The Morgan fingerprint density at radius 3 is 2.77 bits per heavy atom. The zero-order valence-electron chi connectivity index (χ0n) is 12.8. The van der Waals surface area contributed by atoms with Gasteiger partial charge in [-0.2, -0.15) is 5.26 Å². The van der Waals surface area contributed by atoms with Crippen molar-refractivity contribution < 1.29 is 13.2 Å². The van der Waals surface area contributed by atoms with Crippen molar-refractivity contribution in [2.45, 2.75) is 25.8 Å². The van der Waals surface area contributed by atoms with Crippen LogP contribution in [-0.2, 0) is 16.3 Å². The molecule has 120 valence electrons. The summed E-state index contributed by atoms with van der Waals surface area (Å²) in [7, 11) is -3.01. The lowest BCUT2D eigenvalue weighted by Gasteiger charge is -2.14. The molecular weight excluding hydrogens is 302 g/mol. The van der Waals surface area contributed by atoms with Crippen molar-refractivity contribution in [2.24, 2.45) is 0 Å². The van der Waals surface area contributed by atoms with Crippen LogP contribution >= 0.6 is 0 Å². The van der Waals surface area contributed by atoms with Crippen LogP contribution in [0.4, 0.5) is 4.79 Å². The first-order valence-electron chi connectivity index (χ1n) is 7.01. The van der Waals surface area contributed by atoms with Gasteiger partial charge in [0.05, 0.1) is 17.4 Å². The Labute approximate surface area is 131 Å². The van der Waals surface area contributed by atoms with Crippen LogP contribution in [0.3, 0.4) is 0 Å². The van der Waals surface area contributed by atoms with Gasteiger partial charge < -0.3 is 10.6 Å². The summed E-state index contributed by atoms with van der Waals surface area (Å²) >= 11 is 0. The molecule has 2 N–H and O–H groups in total. The maximum absolute atomic E-state index is 11.7. The molecule has 0 unspecified atom stereocenters. The summed E-state index contributed by atoms with van der Waals surface area (Å²) in [5.74, 6) is 0.0510. The van der Waals surface area contributed by atoms with Crippen LogP contribution in [0.1, 0.15) is 24.5 Å². The average Bonchev–Trinajstić information content (AvgIpc) is 2.44. The van der Waals surface area contributed by atoms with Gasteiger partial charge in [-0.1, -0.05) is 12.1 Å². The number of sulfone groups is 1. The van der Waals surface area contributed by atoms with Gasteiger partial charge in [0.15, 0.2) is 0 Å². The molecule has 0 aliphatic rings. The van der Waals surface area contributed by atoms with E-state index in [4.69, 9.17) is 5.26 Å². The second-order valence-electron chi connectivity index (χ2n) is 5.28. The van der Waals surface area contributed by atoms with E-state index in [1.807, 2.05) is 6.07 Å². The summed E-state index contributed by atoms with van der Waals surface area (Å²) in [6.07, 6.45) is 2.19. The van der Waals surface area contributed by atoms with Gasteiger partial charge in [-0.3, -0.25) is 0 Å². The van der Waals surface area contributed by atoms with Gasteiger partial charge in [0, 0.05) is 18.8 Å². The van der Waals surface area contributed by atoms with Crippen molar-refractivity contribution in [2.75, 3.05) is 18.6 Å². The fraction of sp³-hybridized carbons (Fsp3) is 0.467. The van der Waals surface area contributed by atoms with Gasteiger partial charge >= 0.3 is 6.03 Å². The second kappa shape index (κ2) is 8.39. The van der Waals surface area contributed by atoms with E-state index in [1.54, 1.807) is 25.1 Å². The Bertz CT molecular complexity index is 650. The maximum atomic E-state index is 11.7. The third-order valence-electron chi connectivity index (χ3n) is 3.05. The van der Waals surface area contributed by atoms with Gasteiger partial charge in [-0.15, -0.1) is 0 Å². The van der Waals surface area contributed by atoms with E-state index < -0.39 is 9.84 Å². The minimum Gasteiger partial charge on any atom is -0.338 e. The topological polar surface area (TPSA) is 99.1 Å². The number of rotatable bonds is 7. The smallest absolute Gasteiger partial charge is 0.315 e. The molecule has 0 aliphatic heterocycles. The van der Waals surface area contributed by atoms with Crippen LogP contribution in [0.25, 0.3) is 0 Å². The molecule has 6 nitrogen and oxygen atoms in total. The molecule has 0 bridgehead atoms. The van der Waals surface area contributed by atoms with E-state index in [-0.39, 0.29) is 17.8 Å². The molecule has 0 saturated heterocycles. The fourth-order valence-corrected chi connectivity index (χ4v) is 2.64. The molecule has 0 heterocycles. The van der Waals surface area contributed by atoms with Crippen LogP contribution in [0, 0.1) is 11.3 Å². The van der Waals surface area contributed by atoms with Gasteiger partial charge in [0.1, 0.15) is 9.84 Å². The number of carbonyl (C=O) groups is 1. The number of nitrogens with one attached hydrogen (secondary N) is 2. The third-order valence-corrected chi connectivity index (χ3v) is 4.03. The molecule has 22 heavy (non-hydrogen) atoms. The number of nitriles is 1. The molecule has 0 spiro atoms. The Kier molecular flexibility index (Phi) is 6.86. The third kappa shape index (κ3) is 7.64. The lowest BCUT2D eigenvalue weighted by molar-refractivity contribution is 0.237. The number of carbonyl (C=O) groups excluding carboxylic acids is 1. The van der Waals surface area contributed by atoms with E-state index in [9.17, 15) is 13.2 Å². The molecule has 0 fully saturated rings. The molecule has 1 aromatic rings. The van der Waals surface area contributed by atoms with E-state index in [2.05, 4.69) is 16.7 Å². The Balaban J connectivity index is 2.29. The first-order chi connectivity index (χ1) is 10.3. The van der Waals surface area contributed by atoms with Gasteiger partial charge in [0.25, 0.3) is 0 Å². The van der Waals surface area contributed by atoms with Crippen LogP contribution < -0.4 is 10.6 Å². The van der Waals surface area contributed by atoms with Crippen molar-refractivity contribution >= 4 is 15.9 Å². The first kappa shape index (κ1) is 18.0. The molecule has 1 rings (SSSR count). The summed E-state index contributed by atoms with van der Waals surface area (Å²) in [5, 5.41) is 14.2. The zero-order valence-corrected chi connectivity index (χ0v) is 13.6. The van der Waals surface area contributed by atoms with Crippen molar-refractivity contribution in [3.63, 3.8) is 0 Å². The molecule has 1 atom stereocenters. The quantitative estimate of drug-likeness (QED) is 0.788. The van der Waals surface area contributed by atoms with E-state index >= 15 is 0 Å². The van der Waals surface area contributed by atoms with Gasteiger partial charge in [-0.05, 0) is 37.5 Å². The highest BCUT2D eigenvalue weighted by Crippen LogP contribution is 2.04. The number of hydrogen-bond donors (Lipinski definition) is 2. The summed E-state index contributed by atoms with van der Waals surface area (Å²) in [6, 6.07) is 8.76. The fourth-order valence-electron chi connectivity index (χ4n) is 1.85. The molecule has 0 aliphatic carbocycles. The Morgan fingerprint density at radius 2 is 2.14 bits per heavy atom. The summed E-state index contributed by atoms with van der Waals surface area (Å²) in [5.41, 5.74) is 1.57. The maximum Gasteiger partial charge on any atom is 0.315 e. The normalized spacial score (nSPS) is 12.2. The van der Waals surface area contributed by atoms with Gasteiger partial charge in [0.2, 0.25) is 0 Å². The first-order valence-corrected chi connectivity index (χ1v) is 9.07. The predicted molar refractivity (Wildman–Crippen MR) is 85.2 cm³/mol. The molecule has 1 aromatic carbocycles. The number of amides is 2. The van der Waals surface area contributed by atoms with Crippen LogP contribution in [0.5, 0.6) is 0 Å². The minimum atomic E-state index is -3.01. The number of hydrogen-bond acceptors (Lipinski definition) is 4. The van der Waals surface area contributed by atoms with Crippen LogP contribution in [0.2, 0.25) is 0 Å². The summed E-state index contributed by atoms with van der Waals surface area (Å²) in [4.78, 5) is 11.7. The van der Waals surface area contributed by atoms with Crippen molar-refractivity contribution in [1.82, 2.24) is 10.6 Å². The number of benzene rings is 1. The van der Waals surface area contributed by atoms with Crippen LogP contribution in [-0.4, -0.2) is 39.0 Å². The molecule has 0 aromatic heterocycles. The molecule has 0 saturated carbocycles. The SMILES string of the molecule is C[C@@H](CCS(C)(=O)=O)NC(=O)NCCc1cccc(C#N)c1. The summed E-state index contributed by atoms with van der Waals surface area (Å²) in [6.45, 7) is 2.21. The zero-order chi connectivity index (χ0) is 16.6. The molecular formula is C15H21N3O3S.